The fourth-order valence-electron chi connectivity index (χ4n) is 3.09. The van der Waals surface area contributed by atoms with Crippen molar-refractivity contribution in [3.63, 3.8) is 0 Å². The highest BCUT2D eigenvalue weighted by atomic mass is 31.2. The summed E-state index contributed by atoms with van der Waals surface area (Å²) in [7, 11) is -2.71. The maximum Gasteiger partial charge on any atom is 0.508 e. The second-order valence-electron chi connectivity index (χ2n) is 9.25. The van der Waals surface area contributed by atoms with E-state index in [0.29, 0.717) is 38.9 Å². The second-order valence-corrected chi connectivity index (χ2v) is 10.9. The molecule has 0 aromatic carbocycles. The molecule has 0 heterocycles. The minimum absolute atomic E-state index is 0.0503. The fourth-order valence-corrected chi connectivity index (χ4v) is 4.40. The molecule has 15 heteroatoms. The summed E-state index contributed by atoms with van der Waals surface area (Å²) in [6, 6.07) is -1.01. The molecule has 0 amide bonds. The molecule has 0 aliphatic heterocycles. The molecule has 0 bridgehead atoms. The average molecular weight is 598 g/mol. The van der Waals surface area contributed by atoms with Gasteiger partial charge in [-0.2, -0.15) is 0 Å². The van der Waals surface area contributed by atoms with Gasteiger partial charge in [0.1, 0.15) is 6.04 Å². The standard InChI is InChI=1S/C25H48N3O11P/c1-6-8-14-34-24(31)36-16-10-12-18-38-40(33,27-23(26)28(5)21(20(3)4)22(29)30)39-19-13-11-17-37-25(32)35-15-9-7-2/h20-21H,6-19H2,1-5H3,(H,29,30)(H2,26,27,33). The number of rotatable bonds is 22. The molecule has 0 saturated carbocycles. The van der Waals surface area contributed by atoms with Crippen LogP contribution in [0.5, 0.6) is 0 Å². The maximum atomic E-state index is 13.4. The van der Waals surface area contributed by atoms with Gasteiger partial charge in [-0.3, -0.25) is 9.05 Å². The molecule has 0 aromatic heterocycles. The quantitative estimate of drug-likeness (QED) is 0.0562. The van der Waals surface area contributed by atoms with Gasteiger partial charge < -0.3 is 34.7 Å². The van der Waals surface area contributed by atoms with Gasteiger partial charge in [0.05, 0.1) is 39.6 Å². The number of nitrogens with zero attached hydrogens (tertiary/aromatic N) is 2. The third-order valence-corrected chi connectivity index (χ3v) is 6.82. The van der Waals surface area contributed by atoms with Gasteiger partial charge in [0.15, 0.2) is 0 Å². The van der Waals surface area contributed by atoms with E-state index >= 15 is 0 Å². The summed E-state index contributed by atoms with van der Waals surface area (Å²) < 4.78 is 47.9. The number of hydrogen-bond donors (Lipinski definition) is 2. The number of hydrogen-bond acceptors (Lipinski definition) is 10. The van der Waals surface area contributed by atoms with Crippen molar-refractivity contribution in [2.75, 3.05) is 46.7 Å². The number of guanidine groups is 1. The van der Waals surface area contributed by atoms with E-state index in [0.717, 1.165) is 25.7 Å². The zero-order valence-electron chi connectivity index (χ0n) is 24.5. The Labute approximate surface area is 237 Å². The van der Waals surface area contributed by atoms with Crippen LogP contribution in [0.4, 0.5) is 9.59 Å². The predicted molar refractivity (Wildman–Crippen MR) is 148 cm³/mol. The minimum atomic E-state index is -4.14. The molecule has 234 valence electrons. The van der Waals surface area contributed by atoms with Crippen LogP contribution >= 0.6 is 7.75 Å². The van der Waals surface area contributed by atoms with E-state index in [4.69, 9.17) is 33.7 Å². The van der Waals surface area contributed by atoms with Gasteiger partial charge in [-0.1, -0.05) is 40.5 Å². The third kappa shape index (κ3) is 17.9. The number of carboxylic acids is 1. The van der Waals surface area contributed by atoms with Crippen molar-refractivity contribution in [3.05, 3.63) is 0 Å². The molecular weight excluding hydrogens is 549 g/mol. The zero-order valence-corrected chi connectivity index (χ0v) is 25.4. The first-order chi connectivity index (χ1) is 19.0. The number of ether oxygens (including phenoxy) is 4. The molecule has 0 rings (SSSR count). The Kier molecular flexibility index (Phi) is 20.7. The van der Waals surface area contributed by atoms with E-state index in [-0.39, 0.29) is 38.3 Å². The molecule has 0 spiro atoms. The predicted octanol–water partition coefficient (Wildman–Crippen LogP) is 4.95. The lowest BCUT2D eigenvalue weighted by Crippen LogP contribution is -2.48. The number of carbonyl (C=O) groups excluding carboxylic acids is 2. The van der Waals surface area contributed by atoms with Crippen LogP contribution in [-0.4, -0.2) is 87.0 Å². The fraction of sp³-hybridized carbons (Fsp3) is 0.840. The van der Waals surface area contributed by atoms with Crippen LogP contribution in [0.3, 0.4) is 0 Å². The van der Waals surface area contributed by atoms with Gasteiger partial charge in [-0.25, -0.2) is 18.9 Å². The number of unbranched alkanes of at least 4 members (excludes halogenated alkanes) is 4. The van der Waals surface area contributed by atoms with Crippen molar-refractivity contribution in [1.29, 1.82) is 0 Å². The van der Waals surface area contributed by atoms with Crippen LogP contribution in [0.25, 0.3) is 0 Å². The highest BCUT2D eigenvalue weighted by Crippen LogP contribution is 2.50. The highest BCUT2D eigenvalue weighted by Gasteiger charge is 2.31. The Morgan fingerprint density at radius 2 is 1.15 bits per heavy atom. The van der Waals surface area contributed by atoms with Crippen molar-refractivity contribution < 1.29 is 52.1 Å². The summed E-state index contributed by atoms with van der Waals surface area (Å²) in [6.07, 6.45) is 3.32. The van der Waals surface area contributed by atoms with Crippen LogP contribution in [0, 0.1) is 5.92 Å². The van der Waals surface area contributed by atoms with Crippen molar-refractivity contribution in [2.24, 2.45) is 16.4 Å². The summed E-state index contributed by atoms with van der Waals surface area (Å²) >= 11 is 0. The monoisotopic (exact) mass is 597 g/mol. The van der Waals surface area contributed by atoms with E-state index in [9.17, 15) is 24.1 Å². The number of carboxylic acid groups (broad SMARTS) is 1. The van der Waals surface area contributed by atoms with Gasteiger partial charge in [0.25, 0.3) is 0 Å². The maximum absolute atomic E-state index is 13.4. The summed E-state index contributed by atoms with van der Waals surface area (Å²) in [4.78, 5) is 35.8. The van der Waals surface area contributed by atoms with Crippen molar-refractivity contribution >= 4 is 32.0 Å². The van der Waals surface area contributed by atoms with E-state index in [1.165, 1.54) is 11.9 Å². The SMILES string of the molecule is CCCCOC(=O)OCCCCOP(=O)(N=C(N)N(C)C(C(=O)O)C(C)C)OCCCCOC(=O)OCCCC. The van der Waals surface area contributed by atoms with Crippen LogP contribution in [-0.2, 0) is 37.4 Å². The molecule has 1 atom stereocenters. The Morgan fingerprint density at radius 1 is 0.775 bits per heavy atom. The molecule has 40 heavy (non-hydrogen) atoms. The van der Waals surface area contributed by atoms with Gasteiger partial charge in [0, 0.05) is 7.05 Å². The molecule has 14 nitrogen and oxygen atoms in total. The number of aliphatic carboxylic acids is 1. The molecule has 0 aliphatic carbocycles. The summed E-state index contributed by atoms with van der Waals surface area (Å²) in [5, 5.41) is 9.53. The third-order valence-electron chi connectivity index (χ3n) is 5.35. The molecule has 1 unspecified atom stereocenters. The van der Waals surface area contributed by atoms with Crippen LogP contribution in [0.1, 0.15) is 79.1 Å². The second kappa shape index (κ2) is 22.2. The molecule has 0 radical (unpaired) electrons. The average Bonchev–Trinajstić information content (AvgIpc) is 2.88. The molecule has 0 saturated heterocycles. The Morgan fingerprint density at radius 3 is 1.50 bits per heavy atom. The Bertz CT molecular complexity index is 773. The number of nitrogens with two attached hydrogens (primary N) is 1. The van der Waals surface area contributed by atoms with Crippen LogP contribution in [0.15, 0.2) is 4.76 Å². The smallest absolute Gasteiger partial charge is 0.480 e. The normalized spacial score (nSPS) is 12.6. The van der Waals surface area contributed by atoms with Crippen molar-refractivity contribution in [2.45, 2.75) is 85.1 Å². The molecular formula is C25H48N3O11P. The Hall–Kier alpha value is -2.57. The topological polar surface area (TPSA) is 186 Å². The summed E-state index contributed by atoms with van der Waals surface area (Å²) in [6.45, 7) is 8.02. The summed E-state index contributed by atoms with van der Waals surface area (Å²) in [5.41, 5.74) is 5.99. The lowest BCUT2D eigenvalue weighted by molar-refractivity contribution is -0.142. The number of carbonyl (C=O) groups is 3. The van der Waals surface area contributed by atoms with Crippen molar-refractivity contribution in [3.8, 4) is 0 Å². The molecule has 0 aliphatic rings. The van der Waals surface area contributed by atoms with Gasteiger partial charge in [-0.15, -0.1) is 4.76 Å². The van der Waals surface area contributed by atoms with E-state index in [1.54, 1.807) is 13.8 Å². The largest absolute Gasteiger partial charge is 0.508 e. The van der Waals surface area contributed by atoms with Crippen molar-refractivity contribution in [1.82, 2.24) is 4.90 Å². The lowest BCUT2D eigenvalue weighted by atomic mass is 10.0. The minimum Gasteiger partial charge on any atom is -0.480 e. The van der Waals surface area contributed by atoms with Crippen LogP contribution in [0.2, 0.25) is 0 Å². The first-order valence-electron chi connectivity index (χ1n) is 13.8. The molecule has 3 N–H and O–H groups in total. The first kappa shape index (κ1) is 37.4. The zero-order chi connectivity index (χ0) is 30.4. The molecule has 0 fully saturated rings. The van der Waals surface area contributed by atoms with Gasteiger partial charge in [-0.05, 0) is 44.4 Å². The van der Waals surface area contributed by atoms with Crippen LogP contribution < -0.4 is 5.73 Å². The van der Waals surface area contributed by atoms with E-state index < -0.39 is 32.1 Å². The van der Waals surface area contributed by atoms with E-state index in [1.807, 2.05) is 13.8 Å². The van der Waals surface area contributed by atoms with E-state index in [2.05, 4.69) is 4.76 Å². The highest BCUT2D eigenvalue weighted by molar-refractivity contribution is 7.52. The van der Waals surface area contributed by atoms with Gasteiger partial charge >= 0.3 is 26.0 Å². The lowest BCUT2D eigenvalue weighted by Gasteiger charge is -2.29. The number of likely N-dealkylation sites (N-methyl/N-ethyl adjacent to an activating group) is 1. The summed E-state index contributed by atoms with van der Waals surface area (Å²) in [5.74, 6) is -1.76. The molecule has 0 aromatic rings. The Balaban J connectivity index is 4.93. The first-order valence-corrected chi connectivity index (χ1v) is 15.3. The van der Waals surface area contributed by atoms with Gasteiger partial charge in [0.2, 0.25) is 5.96 Å².